The fraction of sp³-hybridized carbons (Fsp3) is 0.452. The van der Waals surface area contributed by atoms with Crippen molar-refractivity contribution in [2.75, 3.05) is 76.4 Å². The quantitative estimate of drug-likeness (QED) is 0.253. The van der Waals surface area contributed by atoms with E-state index in [9.17, 15) is 13.6 Å². The van der Waals surface area contributed by atoms with Crippen LogP contribution in [0.25, 0.3) is 32.4 Å². The van der Waals surface area contributed by atoms with Crippen LogP contribution in [0.5, 0.6) is 6.01 Å². The Bertz CT molecular complexity index is 1850. The maximum absolute atomic E-state index is 16.6. The molecule has 0 radical (unpaired) electrons. The lowest BCUT2D eigenvalue weighted by atomic mass is 10.1. The van der Waals surface area contributed by atoms with Crippen LogP contribution in [0.3, 0.4) is 0 Å². The molecule has 12 nitrogen and oxygen atoms in total. The van der Waals surface area contributed by atoms with Gasteiger partial charge >= 0.3 is 6.01 Å². The number of pyridine rings is 1. The van der Waals surface area contributed by atoms with Crippen molar-refractivity contribution in [2.45, 2.75) is 18.9 Å². The Morgan fingerprint density at radius 2 is 1.91 bits per heavy atom. The molecular formula is C31H33F3N8O4S. The molecule has 3 aromatic heterocycles. The lowest BCUT2D eigenvalue weighted by molar-refractivity contribution is -0.119. The van der Waals surface area contributed by atoms with Crippen LogP contribution < -0.4 is 20.7 Å². The second-order valence-electron chi connectivity index (χ2n) is 12.1. The minimum atomic E-state index is -1.12. The Morgan fingerprint density at radius 1 is 1.13 bits per heavy atom. The number of ether oxygens (including phenoxy) is 3. The van der Waals surface area contributed by atoms with Gasteiger partial charge in [0.2, 0.25) is 0 Å². The van der Waals surface area contributed by atoms with E-state index in [2.05, 4.69) is 31.7 Å². The normalized spacial score (nSPS) is 19.9. The third-order valence-corrected chi connectivity index (χ3v) is 9.58. The number of carbonyl (C=O) groups excluding carboxylic acids is 1. The van der Waals surface area contributed by atoms with Crippen LogP contribution >= 0.6 is 11.3 Å². The number of nitrogens with two attached hydrogens (primary N) is 1. The zero-order valence-corrected chi connectivity index (χ0v) is 26.3. The van der Waals surface area contributed by atoms with Gasteiger partial charge in [-0.1, -0.05) is 17.9 Å². The molecule has 248 valence electrons. The third-order valence-electron chi connectivity index (χ3n) is 8.68. The molecule has 2 aliphatic heterocycles. The Morgan fingerprint density at radius 3 is 2.68 bits per heavy atom. The van der Waals surface area contributed by atoms with E-state index in [0.717, 1.165) is 43.8 Å². The van der Waals surface area contributed by atoms with E-state index in [1.807, 2.05) is 0 Å². The highest BCUT2D eigenvalue weighted by Gasteiger charge is 2.45. The van der Waals surface area contributed by atoms with Gasteiger partial charge in [-0.3, -0.25) is 14.7 Å². The molecule has 1 aliphatic carbocycles. The summed E-state index contributed by atoms with van der Waals surface area (Å²) in [4.78, 5) is 34.1. The number of thiazole rings is 1. The van der Waals surface area contributed by atoms with Crippen LogP contribution in [0.15, 0.2) is 30.7 Å². The number of nitrogen functional groups attached to an aromatic ring is 1. The van der Waals surface area contributed by atoms with Crippen LogP contribution in [0, 0.1) is 17.0 Å². The molecule has 1 aromatic carbocycles. The first-order valence-electron chi connectivity index (χ1n) is 15.3. The summed E-state index contributed by atoms with van der Waals surface area (Å²) in [6.45, 7) is 8.23. The van der Waals surface area contributed by atoms with Crippen LogP contribution in [-0.2, 0) is 14.3 Å². The largest absolute Gasteiger partial charge is 0.463 e. The van der Waals surface area contributed by atoms with Crippen molar-refractivity contribution in [3.63, 3.8) is 0 Å². The van der Waals surface area contributed by atoms with Gasteiger partial charge in [-0.15, -0.1) is 0 Å². The zero-order valence-electron chi connectivity index (χ0n) is 25.4. The lowest BCUT2D eigenvalue weighted by Crippen LogP contribution is -2.45. The molecule has 3 fully saturated rings. The number of hydrogen-bond donors (Lipinski definition) is 2. The van der Waals surface area contributed by atoms with Gasteiger partial charge in [-0.2, -0.15) is 9.97 Å². The van der Waals surface area contributed by atoms with Gasteiger partial charge < -0.3 is 30.2 Å². The Balaban J connectivity index is 1.27. The SMILES string of the molecule is C=C(F)C(=O)N[C@H]1COCCN(c2nc(OCC3(CN4CCOCC4)CC3)nc3c(F)c(-c4ccc(F)c5sc(N)nc45)ncc23)C1. The van der Waals surface area contributed by atoms with Crippen molar-refractivity contribution in [2.24, 2.45) is 5.41 Å². The number of rotatable bonds is 9. The first-order chi connectivity index (χ1) is 22.7. The van der Waals surface area contributed by atoms with Crippen LogP contribution in [0.1, 0.15) is 12.8 Å². The molecule has 1 saturated carbocycles. The van der Waals surface area contributed by atoms with Gasteiger partial charge in [0.15, 0.2) is 16.8 Å². The molecular weight excluding hydrogens is 637 g/mol. The maximum Gasteiger partial charge on any atom is 0.319 e. The number of halogens is 3. The van der Waals surface area contributed by atoms with E-state index in [0.29, 0.717) is 32.2 Å². The van der Waals surface area contributed by atoms with E-state index in [1.54, 1.807) is 4.90 Å². The van der Waals surface area contributed by atoms with Crippen molar-refractivity contribution in [1.29, 1.82) is 0 Å². The van der Waals surface area contributed by atoms with Gasteiger partial charge in [0.05, 0.1) is 54.7 Å². The summed E-state index contributed by atoms with van der Waals surface area (Å²) >= 11 is 0.964. The molecule has 1 amide bonds. The minimum Gasteiger partial charge on any atom is -0.463 e. The van der Waals surface area contributed by atoms with Gasteiger partial charge in [0.25, 0.3) is 5.91 Å². The fourth-order valence-corrected chi connectivity index (χ4v) is 6.79. The number of nitrogens with zero attached hydrogens (tertiary/aromatic N) is 6. The summed E-state index contributed by atoms with van der Waals surface area (Å²) in [7, 11) is 0. The first kappa shape index (κ1) is 31.5. The standard InChI is InChI=1S/C31H33F3N8O4S/c1-17(32)28(43)37-18-13-42(8-11-45-14-18)27-20-12-36-23(19-2-3-21(33)26-25(19)38-29(35)47-26)22(34)24(20)39-30(40-27)46-16-31(4-5-31)15-41-6-9-44-10-7-41/h2-3,12,18H,1,4-11,13-16H2,(H2,35,38)(H,37,43)/t18-/m1/s1. The molecule has 4 aromatic rings. The van der Waals surface area contributed by atoms with E-state index in [1.165, 1.54) is 18.3 Å². The fourth-order valence-electron chi connectivity index (χ4n) is 6.03. The molecule has 0 unspecified atom stereocenters. The zero-order chi connectivity index (χ0) is 32.7. The number of anilines is 2. The summed E-state index contributed by atoms with van der Waals surface area (Å²) in [5.41, 5.74) is 6.12. The van der Waals surface area contributed by atoms with Crippen molar-refractivity contribution in [1.82, 2.24) is 30.2 Å². The maximum atomic E-state index is 16.6. The van der Waals surface area contributed by atoms with Crippen LogP contribution in [0.2, 0.25) is 0 Å². The summed E-state index contributed by atoms with van der Waals surface area (Å²) in [5.74, 6) is -3.04. The monoisotopic (exact) mass is 670 g/mol. The summed E-state index contributed by atoms with van der Waals surface area (Å²) < 4.78 is 62.3. The Kier molecular flexibility index (Phi) is 8.59. The number of carbonyl (C=O) groups is 1. The highest BCUT2D eigenvalue weighted by atomic mass is 32.1. The van der Waals surface area contributed by atoms with E-state index >= 15 is 4.39 Å². The molecule has 5 heterocycles. The van der Waals surface area contributed by atoms with Crippen molar-refractivity contribution in [3.8, 4) is 17.3 Å². The molecule has 1 atom stereocenters. The Hall–Kier alpha value is -4.12. The number of nitrogens with one attached hydrogen (secondary N) is 1. The molecule has 0 bridgehead atoms. The van der Waals surface area contributed by atoms with Gasteiger partial charge in [0, 0.05) is 49.9 Å². The van der Waals surface area contributed by atoms with Gasteiger partial charge in [-0.05, 0) is 25.0 Å². The van der Waals surface area contributed by atoms with Crippen LogP contribution in [-0.4, -0.2) is 103 Å². The van der Waals surface area contributed by atoms with Crippen LogP contribution in [0.4, 0.5) is 24.1 Å². The van der Waals surface area contributed by atoms with Gasteiger partial charge in [0.1, 0.15) is 22.8 Å². The molecule has 3 N–H and O–H groups in total. The number of benzene rings is 1. The third kappa shape index (κ3) is 6.54. The summed E-state index contributed by atoms with van der Waals surface area (Å²) in [6, 6.07) is 1.99. The van der Waals surface area contributed by atoms with E-state index < -0.39 is 29.4 Å². The number of aromatic nitrogens is 4. The van der Waals surface area contributed by atoms with Gasteiger partial charge in [-0.25, -0.2) is 18.2 Å². The molecule has 47 heavy (non-hydrogen) atoms. The minimum absolute atomic E-state index is 0.0261. The second-order valence-corrected chi connectivity index (χ2v) is 13.1. The highest BCUT2D eigenvalue weighted by molar-refractivity contribution is 7.22. The van der Waals surface area contributed by atoms with E-state index in [4.69, 9.17) is 24.9 Å². The van der Waals surface area contributed by atoms with E-state index in [-0.39, 0.29) is 68.7 Å². The number of fused-ring (bicyclic) bond motifs is 2. The summed E-state index contributed by atoms with van der Waals surface area (Å²) in [5, 5.41) is 3.00. The average molecular weight is 671 g/mol. The molecule has 7 rings (SSSR count). The average Bonchev–Trinajstić information content (AvgIpc) is 3.77. The molecule has 0 spiro atoms. The predicted molar refractivity (Wildman–Crippen MR) is 170 cm³/mol. The smallest absolute Gasteiger partial charge is 0.319 e. The molecule has 16 heteroatoms. The first-order valence-corrected chi connectivity index (χ1v) is 16.1. The topological polar surface area (TPSA) is 141 Å². The van der Waals surface area contributed by atoms with Crippen molar-refractivity contribution >= 4 is 49.3 Å². The Labute approximate surface area is 271 Å². The van der Waals surface area contributed by atoms with Crippen molar-refractivity contribution < 1.29 is 32.2 Å². The van der Waals surface area contributed by atoms with Crippen molar-refractivity contribution in [3.05, 3.63) is 42.4 Å². The highest BCUT2D eigenvalue weighted by Crippen LogP contribution is 2.47. The number of morpholine rings is 1. The predicted octanol–water partition coefficient (Wildman–Crippen LogP) is 3.46. The molecule has 2 saturated heterocycles. The number of hydrogen-bond acceptors (Lipinski definition) is 12. The molecule has 3 aliphatic rings. The second kappa shape index (κ2) is 12.8. The lowest BCUT2D eigenvalue weighted by Gasteiger charge is -2.30. The summed E-state index contributed by atoms with van der Waals surface area (Å²) in [6.07, 6.45) is 3.41. The number of amides is 1.